The summed E-state index contributed by atoms with van der Waals surface area (Å²) in [5.74, 6) is -0.0636. The zero-order chi connectivity index (χ0) is 13.0. The molecule has 0 aromatic heterocycles. The Kier molecular flexibility index (Phi) is 4.70. The lowest BCUT2D eigenvalue weighted by Crippen LogP contribution is -2.42. The average molecular weight is 234 g/mol. The van der Waals surface area contributed by atoms with E-state index in [2.05, 4.69) is 0 Å². The van der Waals surface area contributed by atoms with E-state index < -0.39 is 0 Å². The van der Waals surface area contributed by atoms with Crippen molar-refractivity contribution < 1.29 is 4.79 Å². The highest BCUT2D eigenvalue weighted by Crippen LogP contribution is 2.21. The molecule has 0 saturated carbocycles. The summed E-state index contributed by atoms with van der Waals surface area (Å²) in [4.78, 5) is 14.1. The topological polar surface area (TPSA) is 46.3 Å². The largest absolute Gasteiger partial charge is 0.327 e. The molecule has 0 saturated heterocycles. The summed E-state index contributed by atoms with van der Waals surface area (Å²) in [7, 11) is 0. The first-order valence-corrected chi connectivity index (χ1v) is 6.11. The number of para-hydroxylation sites is 1. The Hall–Kier alpha value is -1.35. The normalized spacial score (nSPS) is 14.2. The van der Waals surface area contributed by atoms with E-state index in [1.54, 1.807) is 0 Å². The summed E-state index contributed by atoms with van der Waals surface area (Å²) in [6.45, 7) is 8.42. The van der Waals surface area contributed by atoms with Crippen molar-refractivity contribution in [3.8, 4) is 0 Å². The van der Waals surface area contributed by atoms with Gasteiger partial charge < -0.3 is 10.6 Å². The van der Waals surface area contributed by atoms with E-state index in [1.807, 2.05) is 56.9 Å². The molecule has 0 spiro atoms. The summed E-state index contributed by atoms with van der Waals surface area (Å²) >= 11 is 0. The zero-order valence-corrected chi connectivity index (χ0v) is 11.1. The van der Waals surface area contributed by atoms with Gasteiger partial charge in [0.2, 0.25) is 5.91 Å². The van der Waals surface area contributed by atoms with Crippen molar-refractivity contribution in [3.05, 3.63) is 29.8 Å². The van der Waals surface area contributed by atoms with Gasteiger partial charge in [0.05, 0.1) is 5.92 Å². The third-order valence-corrected chi connectivity index (χ3v) is 3.17. The van der Waals surface area contributed by atoms with Gasteiger partial charge >= 0.3 is 0 Å². The Morgan fingerprint density at radius 1 is 1.35 bits per heavy atom. The second kappa shape index (κ2) is 5.82. The van der Waals surface area contributed by atoms with Crippen LogP contribution in [0.5, 0.6) is 0 Å². The molecule has 0 heterocycles. The molecule has 2 unspecified atom stereocenters. The van der Waals surface area contributed by atoms with Crippen LogP contribution in [0.2, 0.25) is 0 Å². The number of rotatable bonds is 4. The van der Waals surface area contributed by atoms with Crippen LogP contribution in [-0.4, -0.2) is 18.5 Å². The SMILES string of the molecule is CCN(C(=O)C(C)C(C)N)c1ccccc1C. The Bertz CT molecular complexity index is 388. The molecule has 1 aromatic rings. The fourth-order valence-electron chi connectivity index (χ4n) is 1.78. The van der Waals surface area contributed by atoms with Crippen molar-refractivity contribution >= 4 is 11.6 Å². The van der Waals surface area contributed by atoms with E-state index in [4.69, 9.17) is 5.73 Å². The molecular formula is C14H22N2O. The first-order chi connectivity index (χ1) is 7.99. The number of anilines is 1. The maximum Gasteiger partial charge on any atom is 0.231 e. The molecule has 0 aliphatic rings. The van der Waals surface area contributed by atoms with Crippen LogP contribution in [0, 0.1) is 12.8 Å². The Labute approximate surface area is 104 Å². The van der Waals surface area contributed by atoms with Crippen LogP contribution in [0.4, 0.5) is 5.69 Å². The molecule has 0 aliphatic heterocycles. The Morgan fingerprint density at radius 2 is 1.94 bits per heavy atom. The minimum Gasteiger partial charge on any atom is -0.327 e. The van der Waals surface area contributed by atoms with Crippen molar-refractivity contribution in [3.63, 3.8) is 0 Å². The summed E-state index contributed by atoms with van der Waals surface area (Å²) < 4.78 is 0. The van der Waals surface area contributed by atoms with E-state index in [-0.39, 0.29) is 17.9 Å². The standard InChI is InChI=1S/C14H22N2O/c1-5-16(14(17)11(3)12(4)15)13-9-7-6-8-10(13)2/h6-9,11-12H,5,15H2,1-4H3. The molecule has 3 nitrogen and oxygen atoms in total. The zero-order valence-electron chi connectivity index (χ0n) is 11.1. The van der Waals surface area contributed by atoms with Crippen LogP contribution in [0.25, 0.3) is 0 Å². The summed E-state index contributed by atoms with van der Waals surface area (Å²) in [5.41, 5.74) is 7.89. The number of nitrogens with two attached hydrogens (primary N) is 1. The van der Waals surface area contributed by atoms with Crippen molar-refractivity contribution in [2.24, 2.45) is 11.7 Å². The van der Waals surface area contributed by atoms with Gasteiger partial charge in [-0.3, -0.25) is 4.79 Å². The van der Waals surface area contributed by atoms with Gasteiger partial charge in [-0.05, 0) is 32.4 Å². The monoisotopic (exact) mass is 234 g/mol. The van der Waals surface area contributed by atoms with Crippen LogP contribution < -0.4 is 10.6 Å². The van der Waals surface area contributed by atoms with E-state index in [1.165, 1.54) is 0 Å². The second-order valence-electron chi connectivity index (χ2n) is 4.52. The molecule has 1 aromatic carbocycles. The van der Waals surface area contributed by atoms with Crippen LogP contribution in [0.3, 0.4) is 0 Å². The smallest absolute Gasteiger partial charge is 0.231 e. The minimum absolute atomic E-state index is 0.0943. The predicted molar refractivity (Wildman–Crippen MR) is 72.0 cm³/mol. The van der Waals surface area contributed by atoms with Crippen molar-refractivity contribution in [1.29, 1.82) is 0 Å². The van der Waals surface area contributed by atoms with Gasteiger partial charge in [-0.25, -0.2) is 0 Å². The molecule has 2 atom stereocenters. The van der Waals surface area contributed by atoms with Crippen molar-refractivity contribution in [2.45, 2.75) is 33.7 Å². The third-order valence-electron chi connectivity index (χ3n) is 3.17. The van der Waals surface area contributed by atoms with E-state index >= 15 is 0 Å². The van der Waals surface area contributed by atoms with E-state index in [0.29, 0.717) is 6.54 Å². The Balaban J connectivity index is 3.00. The minimum atomic E-state index is -0.158. The number of hydrogen-bond acceptors (Lipinski definition) is 2. The number of nitrogens with zero attached hydrogens (tertiary/aromatic N) is 1. The third kappa shape index (κ3) is 3.07. The maximum absolute atomic E-state index is 12.3. The number of carbonyl (C=O) groups excluding carboxylic acids is 1. The van der Waals surface area contributed by atoms with Gasteiger partial charge in [0, 0.05) is 18.3 Å². The molecule has 1 rings (SSSR count). The quantitative estimate of drug-likeness (QED) is 0.869. The number of carbonyl (C=O) groups is 1. The van der Waals surface area contributed by atoms with E-state index in [9.17, 15) is 4.79 Å². The van der Waals surface area contributed by atoms with Gasteiger partial charge in [-0.2, -0.15) is 0 Å². The van der Waals surface area contributed by atoms with Gasteiger partial charge in [0.25, 0.3) is 0 Å². The molecule has 94 valence electrons. The lowest BCUT2D eigenvalue weighted by Gasteiger charge is -2.27. The lowest BCUT2D eigenvalue weighted by atomic mass is 10.0. The molecule has 3 heteroatoms. The molecule has 17 heavy (non-hydrogen) atoms. The van der Waals surface area contributed by atoms with Gasteiger partial charge in [-0.15, -0.1) is 0 Å². The summed E-state index contributed by atoms with van der Waals surface area (Å²) in [6, 6.07) is 7.80. The van der Waals surface area contributed by atoms with Gasteiger partial charge in [-0.1, -0.05) is 25.1 Å². The van der Waals surface area contributed by atoms with Gasteiger partial charge in [0.1, 0.15) is 0 Å². The first kappa shape index (κ1) is 13.7. The summed E-state index contributed by atoms with van der Waals surface area (Å²) in [5, 5.41) is 0. The molecule has 0 radical (unpaired) electrons. The van der Waals surface area contributed by atoms with Gasteiger partial charge in [0.15, 0.2) is 0 Å². The summed E-state index contributed by atoms with van der Waals surface area (Å²) in [6.07, 6.45) is 0. The number of benzene rings is 1. The van der Waals surface area contributed by atoms with Crippen LogP contribution in [-0.2, 0) is 4.79 Å². The van der Waals surface area contributed by atoms with Crippen molar-refractivity contribution in [1.82, 2.24) is 0 Å². The molecule has 1 amide bonds. The van der Waals surface area contributed by atoms with Crippen LogP contribution in [0.1, 0.15) is 26.3 Å². The fraction of sp³-hybridized carbons (Fsp3) is 0.500. The first-order valence-electron chi connectivity index (χ1n) is 6.11. The molecule has 0 bridgehead atoms. The fourth-order valence-corrected chi connectivity index (χ4v) is 1.78. The van der Waals surface area contributed by atoms with E-state index in [0.717, 1.165) is 11.3 Å². The highest BCUT2D eigenvalue weighted by atomic mass is 16.2. The molecule has 0 aliphatic carbocycles. The second-order valence-corrected chi connectivity index (χ2v) is 4.52. The average Bonchev–Trinajstić information content (AvgIpc) is 2.31. The number of hydrogen-bond donors (Lipinski definition) is 1. The Morgan fingerprint density at radius 3 is 2.41 bits per heavy atom. The predicted octanol–water partition coefficient (Wildman–Crippen LogP) is 2.33. The molecule has 0 fully saturated rings. The van der Waals surface area contributed by atoms with Crippen molar-refractivity contribution in [2.75, 3.05) is 11.4 Å². The van der Waals surface area contributed by atoms with Crippen LogP contribution in [0.15, 0.2) is 24.3 Å². The maximum atomic E-state index is 12.3. The molecular weight excluding hydrogens is 212 g/mol. The lowest BCUT2D eigenvalue weighted by molar-refractivity contribution is -0.122. The van der Waals surface area contributed by atoms with Crippen LogP contribution >= 0.6 is 0 Å². The number of aryl methyl sites for hydroxylation is 1. The molecule has 2 N–H and O–H groups in total. The number of amides is 1. The highest BCUT2D eigenvalue weighted by molar-refractivity contribution is 5.95. The highest BCUT2D eigenvalue weighted by Gasteiger charge is 2.24.